The fourth-order valence-electron chi connectivity index (χ4n) is 3.57. The molecule has 0 atom stereocenters. The number of carbonyl (C=O) groups excluding carboxylic acids is 1. The number of carbonyl (C=O) groups is 1. The average molecular weight is 435 g/mol. The number of amides is 1. The number of nitrogens with zero attached hydrogens (tertiary/aromatic N) is 1. The molecule has 1 fully saturated rings. The fraction of sp³-hybridized carbons (Fsp3) is 0.476. The Labute approximate surface area is 169 Å². The smallest absolute Gasteiger partial charge is 0.252 e. The molecule has 0 aliphatic carbocycles. The van der Waals surface area contributed by atoms with Crippen LogP contribution >= 0.6 is 15.9 Å². The maximum atomic E-state index is 12.5. The molecule has 0 spiro atoms. The van der Waals surface area contributed by atoms with Crippen LogP contribution < -0.4 is 10.1 Å². The van der Waals surface area contributed by atoms with Crippen molar-refractivity contribution in [3.8, 4) is 5.75 Å². The zero-order valence-electron chi connectivity index (χ0n) is 16.2. The minimum Gasteiger partial charge on any atom is -0.497 e. The standard InChI is InChI=1S/C21H27BrN2O3/c1-14-10-17(15(2)27-14)13-24-8-6-16(7-9-24)12-23-21(25)19-11-18(26-3)4-5-20(19)22/h4-5,10-11,16H,6-9,12-13H2,1-3H3,(H,23,25). The Morgan fingerprint density at radius 1 is 1.30 bits per heavy atom. The maximum Gasteiger partial charge on any atom is 0.252 e. The Balaban J connectivity index is 1.47. The quantitative estimate of drug-likeness (QED) is 0.735. The van der Waals surface area contributed by atoms with Crippen LogP contribution in [0.4, 0.5) is 0 Å². The molecule has 1 amide bonds. The molecule has 0 bridgehead atoms. The number of nitrogens with one attached hydrogen (secondary N) is 1. The Morgan fingerprint density at radius 2 is 2.04 bits per heavy atom. The highest BCUT2D eigenvalue weighted by molar-refractivity contribution is 9.10. The first-order chi connectivity index (χ1) is 13.0. The molecule has 2 aromatic rings. The summed E-state index contributed by atoms with van der Waals surface area (Å²) in [6.45, 7) is 7.77. The van der Waals surface area contributed by atoms with Crippen molar-refractivity contribution in [2.45, 2.75) is 33.2 Å². The summed E-state index contributed by atoms with van der Waals surface area (Å²) >= 11 is 3.44. The molecule has 27 heavy (non-hydrogen) atoms. The van der Waals surface area contributed by atoms with Gasteiger partial charge in [-0.3, -0.25) is 9.69 Å². The molecule has 1 aliphatic heterocycles. The van der Waals surface area contributed by atoms with Gasteiger partial charge in [0, 0.05) is 23.1 Å². The number of ether oxygens (including phenoxy) is 1. The van der Waals surface area contributed by atoms with Gasteiger partial charge in [0.2, 0.25) is 0 Å². The Kier molecular flexibility index (Phi) is 6.60. The third-order valence-corrected chi connectivity index (χ3v) is 5.91. The molecule has 1 saturated heterocycles. The number of likely N-dealkylation sites (tertiary alicyclic amines) is 1. The summed E-state index contributed by atoms with van der Waals surface area (Å²) in [7, 11) is 1.60. The highest BCUT2D eigenvalue weighted by Gasteiger charge is 2.21. The molecule has 6 heteroatoms. The van der Waals surface area contributed by atoms with Crippen LogP contribution in [0.25, 0.3) is 0 Å². The number of aryl methyl sites for hydroxylation is 2. The van der Waals surface area contributed by atoms with Crippen LogP contribution in [0.2, 0.25) is 0 Å². The minimum absolute atomic E-state index is 0.0623. The maximum absolute atomic E-state index is 12.5. The topological polar surface area (TPSA) is 54.7 Å². The lowest BCUT2D eigenvalue weighted by Crippen LogP contribution is -2.38. The van der Waals surface area contributed by atoms with Crippen LogP contribution in [-0.2, 0) is 6.54 Å². The molecular weight excluding hydrogens is 408 g/mol. The second-order valence-corrected chi connectivity index (χ2v) is 8.07. The lowest BCUT2D eigenvalue weighted by atomic mass is 9.96. The monoisotopic (exact) mass is 434 g/mol. The third kappa shape index (κ3) is 5.14. The molecule has 2 heterocycles. The van der Waals surface area contributed by atoms with Gasteiger partial charge < -0.3 is 14.5 Å². The number of hydrogen-bond acceptors (Lipinski definition) is 4. The zero-order chi connectivity index (χ0) is 19.4. The van der Waals surface area contributed by atoms with E-state index in [1.54, 1.807) is 13.2 Å². The van der Waals surface area contributed by atoms with Crippen molar-refractivity contribution in [2.75, 3.05) is 26.7 Å². The third-order valence-electron chi connectivity index (χ3n) is 5.21. The molecule has 3 rings (SSSR count). The van der Waals surface area contributed by atoms with Gasteiger partial charge in [-0.05, 0) is 85.9 Å². The number of piperidine rings is 1. The number of rotatable bonds is 6. The Hall–Kier alpha value is -1.79. The van der Waals surface area contributed by atoms with E-state index >= 15 is 0 Å². The first kappa shape index (κ1) is 20.0. The van der Waals surface area contributed by atoms with Crippen LogP contribution in [0.5, 0.6) is 5.75 Å². The molecule has 5 nitrogen and oxygen atoms in total. The highest BCUT2D eigenvalue weighted by atomic mass is 79.9. The second kappa shape index (κ2) is 8.93. The van der Waals surface area contributed by atoms with Crippen LogP contribution in [0.15, 0.2) is 33.2 Å². The summed E-state index contributed by atoms with van der Waals surface area (Å²) in [5.74, 6) is 3.13. The molecular formula is C21H27BrN2O3. The first-order valence-corrected chi connectivity index (χ1v) is 10.2. The van der Waals surface area contributed by atoms with Crippen molar-refractivity contribution in [3.05, 3.63) is 51.4 Å². The van der Waals surface area contributed by atoms with Gasteiger partial charge in [-0.15, -0.1) is 0 Å². The van der Waals surface area contributed by atoms with E-state index < -0.39 is 0 Å². The van der Waals surface area contributed by atoms with E-state index in [2.05, 4.69) is 32.2 Å². The van der Waals surface area contributed by atoms with Gasteiger partial charge >= 0.3 is 0 Å². The second-order valence-electron chi connectivity index (χ2n) is 7.21. The van der Waals surface area contributed by atoms with E-state index in [1.165, 1.54) is 5.56 Å². The van der Waals surface area contributed by atoms with Crippen LogP contribution in [0, 0.1) is 19.8 Å². The van der Waals surface area contributed by atoms with E-state index in [0.717, 1.165) is 48.5 Å². The van der Waals surface area contributed by atoms with Crippen LogP contribution in [-0.4, -0.2) is 37.6 Å². The van der Waals surface area contributed by atoms with Crippen molar-refractivity contribution in [3.63, 3.8) is 0 Å². The summed E-state index contributed by atoms with van der Waals surface area (Å²) in [4.78, 5) is 15.0. The van der Waals surface area contributed by atoms with Crippen molar-refractivity contribution in [1.82, 2.24) is 10.2 Å². The molecule has 1 N–H and O–H groups in total. The molecule has 1 aliphatic rings. The molecule has 0 unspecified atom stereocenters. The lowest BCUT2D eigenvalue weighted by molar-refractivity contribution is 0.0934. The van der Waals surface area contributed by atoms with E-state index in [0.29, 0.717) is 23.8 Å². The zero-order valence-corrected chi connectivity index (χ0v) is 17.8. The SMILES string of the molecule is COc1ccc(Br)c(C(=O)NCC2CCN(Cc3cc(C)oc3C)CC2)c1. The number of benzene rings is 1. The Morgan fingerprint density at radius 3 is 2.67 bits per heavy atom. The van der Waals surface area contributed by atoms with Gasteiger partial charge in [0.15, 0.2) is 0 Å². The van der Waals surface area contributed by atoms with Gasteiger partial charge in [0.25, 0.3) is 5.91 Å². The molecule has 0 saturated carbocycles. The summed E-state index contributed by atoms with van der Waals surface area (Å²) in [5, 5.41) is 3.08. The molecule has 0 radical (unpaired) electrons. The van der Waals surface area contributed by atoms with E-state index in [-0.39, 0.29) is 5.91 Å². The largest absolute Gasteiger partial charge is 0.497 e. The summed E-state index contributed by atoms with van der Waals surface area (Å²) in [5.41, 5.74) is 1.89. The number of halogens is 1. The van der Waals surface area contributed by atoms with Crippen molar-refractivity contribution in [1.29, 1.82) is 0 Å². The molecule has 1 aromatic carbocycles. The van der Waals surface area contributed by atoms with Gasteiger partial charge in [-0.25, -0.2) is 0 Å². The minimum atomic E-state index is -0.0623. The molecule has 146 valence electrons. The number of methoxy groups -OCH3 is 1. The molecule has 1 aromatic heterocycles. The number of hydrogen-bond donors (Lipinski definition) is 1. The normalized spacial score (nSPS) is 15.7. The first-order valence-electron chi connectivity index (χ1n) is 9.36. The summed E-state index contributed by atoms with van der Waals surface area (Å²) < 4.78 is 11.6. The lowest BCUT2D eigenvalue weighted by Gasteiger charge is -2.31. The van der Waals surface area contributed by atoms with Gasteiger partial charge in [0.05, 0.1) is 12.7 Å². The van der Waals surface area contributed by atoms with Crippen molar-refractivity contribution < 1.29 is 13.9 Å². The Bertz CT molecular complexity index is 795. The van der Waals surface area contributed by atoms with E-state index in [4.69, 9.17) is 9.15 Å². The number of furan rings is 1. The highest BCUT2D eigenvalue weighted by Crippen LogP contribution is 2.24. The van der Waals surface area contributed by atoms with Crippen LogP contribution in [0.3, 0.4) is 0 Å². The van der Waals surface area contributed by atoms with Gasteiger partial charge in [-0.1, -0.05) is 0 Å². The van der Waals surface area contributed by atoms with Crippen molar-refractivity contribution in [2.24, 2.45) is 5.92 Å². The van der Waals surface area contributed by atoms with E-state index in [9.17, 15) is 4.79 Å². The predicted octanol–water partition coefficient (Wildman–Crippen LogP) is 4.31. The van der Waals surface area contributed by atoms with E-state index in [1.807, 2.05) is 26.0 Å². The predicted molar refractivity (Wildman–Crippen MR) is 109 cm³/mol. The van der Waals surface area contributed by atoms with Gasteiger partial charge in [0.1, 0.15) is 17.3 Å². The summed E-state index contributed by atoms with van der Waals surface area (Å²) in [6, 6.07) is 7.57. The van der Waals surface area contributed by atoms with Gasteiger partial charge in [-0.2, -0.15) is 0 Å². The fourth-order valence-corrected chi connectivity index (χ4v) is 3.99. The summed E-state index contributed by atoms with van der Waals surface area (Å²) in [6.07, 6.45) is 2.19. The van der Waals surface area contributed by atoms with Crippen LogP contribution in [0.1, 0.15) is 40.3 Å². The average Bonchev–Trinajstić information content (AvgIpc) is 2.98. The van der Waals surface area contributed by atoms with Crippen molar-refractivity contribution >= 4 is 21.8 Å².